The van der Waals surface area contributed by atoms with E-state index in [0.29, 0.717) is 6.07 Å². The number of hydrogen-bond acceptors (Lipinski definition) is 5. The lowest BCUT2D eigenvalue weighted by molar-refractivity contribution is -0.137. The van der Waals surface area contributed by atoms with Gasteiger partial charge in [-0.2, -0.15) is 13.2 Å². The summed E-state index contributed by atoms with van der Waals surface area (Å²) in [5.74, 6) is -1.48. The number of benzene rings is 2. The molecular weight excluding hydrogens is 463 g/mol. The van der Waals surface area contributed by atoms with E-state index in [4.69, 9.17) is 4.74 Å². The van der Waals surface area contributed by atoms with Crippen LogP contribution in [-0.4, -0.2) is 32.9 Å². The zero-order chi connectivity index (χ0) is 25.2. The van der Waals surface area contributed by atoms with Crippen molar-refractivity contribution in [2.75, 3.05) is 17.7 Å². The van der Waals surface area contributed by atoms with Gasteiger partial charge in [-0.15, -0.1) is 0 Å². The molecule has 180 valence electrons. The molecule has 0 saturated carbocycles. The summed E-state index contributed by atoms with van der Waals surface area (Å²) >= 11 is 0. The zero-order valence-corrected chi connectivity index (χ0v) is 19.4. The van der Waals surface area contributed by atoms with Crippen molar-refractivity contribution in [3.63, 3.8) is 0 Å². The highest BCUT2D eigenvalue weighted by molar-refractivity contribution is 7.89. The number of halogens is 3. The molecule has 8 nitrogen and oxygen atoms in total. The highest BCUT2D eigenvalue weighted by Gasteiger charge is 2.31. The molecule has 0 aromatic heterocycles. The van der Waals surface area contributed by atoms with E-state index in [-0.39, 0.29) is 27.6 Å². The summed E-state index contributed by atoms with van der Waals surface area (Å²) in [6, 6.07) is 6.01. The van der Waals surface area contributed by atoms with Gasteiger partial charge in [0.2, 0.25) is 15.9 Å². The molecule has 3 N–H and O–H groups in total. The topological polar surface area (TPSA) is 114 Å². The molecule has 33 heavy (non-hydrogen) atoms. The Morgan fingerprint density at radius 1 is 0.939 bits per heavy atom. The number of carbonyl (C=O) groups excluding carboxylic acids is 2. The van der Waals surface area contributed by atoms with Crippen molar-refractivity contribution >= 4 is 33.2 Å². The van der Waals surface area contributed by atoms with Gasteiger partial charge in [0.25, 0.3) is 5.91 Å². The van der Waals surface area contributed by atoms with Gasteiger partial charge in [-0.3, -0.25) is 9.59 Å². The molecule has 0 aliphatic rings. The van der Waals surface area contributed by atoms with Crippen molar-refractivity contribution in [1.29, 1.82) is 0 Å². The van der Waals surface area contributed by atoms with Gasteiger partial charge in [-0.05, 0) is 57.2 Å². The van der Waals surface area contributed by atoms with Crippen LogP contribution in [0.2, 0.25) is 0 Å². The Morgan fingerprint density at radius 2 is 1.58 bits per heavy atom. The second-order valence-corrected chi connectivity index (χ2v) is 9.77. The first-order valence-electron chi connectivity index (χ1n) is 9.56. The molecule has 0 fully saturated rings. The predicted octanol–water partition coefficient (Wildman–Crippen LogP) is 4.00. The standard InChI is InChI=1S/C21H24F3N3O5S/c1-12(28)25-15-8-7-14(21(22,23)24)11-16(15)26-19(29)13-6-9-17(32-5)18(10-13)33(30,31)27-20(2,3)4/h6-11,27H,1-5H3,(H,25,28)(H,26,29). The van der Waals surface area contributed by atoms with Gasteiger partial charge in [0.15, 0.2) is 0 Å². The molecule has 0 bridgehead atoms. The minimum atomic E-state index is -4.69. The molecule has 2 aromatic rings. The Hall–Kier alpha value is -3.12. The van der Waals surface area contributed by atoms with Crippen molar-refractivity contribution in [3.8, 4) is 5.75 Å². The number of sulfonamides is 1. The van der Waals surface area contributed by atoms with Crippen LogP contribution in [0.3, 0.4) is 0 Å². The van der Waals surface area contributed by atoms with Gasteiger partial charge in [0, 0.05) is 18.0 Å². The quantitative estimate of drug-likeness (QED) is 0.570. The molecule has 2 aromatic carbocycles. The third-order valence-corrected chi connectivity index (χ3v) is 5.84. The van der Waals surface area contributed by atoms with E-state index in [0.717, 1.165) is 25.1 Å². The minimum absolute atomic E-state index is 0.0266. The number of carbonyl (C=O) groups is 2. The van der Waals surface area contributed by atoms with Crippen molar-refractivity contribution in [2.24, 2.45) is 0 Å². The first-order chi connectivity index (χ1) is 15.0. The van der Waals surface area contributed by atoms with Crippen LogP contribution in [0.5, 0.6) is 5.75 Å². The SMILES string of the molecule is COc1ccc(C(=O)Nc2cc(C(F)(F)F)ccc2NC(C)=O)cc1S(=O)(=O)NC(C)(C)C. The molecule has 0 unspecified atom stereocenters. The van der Waals surface area contributed by atoms with Crippen LogP contribution in [0.4, 0.5) is 24.5 Å². The number of hydrogen-bond donors (Lipinski definition) is 3. The Balaban J connectivity index is 2.50. The molecule has 0 radical (unpaired) electrons. The van der Waals surface area contributed by atoms with Crippen molar-refractivity contribution in [3.05, 3.63) is 47.5 Å². The Labute approximate surface area is 189 Å². The van der Waals surface area contributed by atoms with Crippen LogP contribution >= 0.6 is 0 Å². The lowest BCUT2D eigenvalue weighted by Crippen LogP contribution is -2.40. The summed E-state index contributed by atoms with van der Waals surface area (Å²) in [6.45, 7) is 6.05. The van der Waals surface area contributed by atoms with Crippen LogP contribution < -0.4 is 20.1 Å². The fraction of sp³-hybridized carbons (Fsp3) is 0.333. The zero-order valence-electron chi connectivity index (χ0n) is 18.5. The van der Waals surface area contributed by atoms with Gasteiger partial charge in [-0.1, -0.05) is 0 Å². The lowest BCUT2D eigenvalue weighted by Gasteiger charge is -2.21. The Bertz CT molecular complexity index is 1170. The number of rotatable bonds is 6. The average Bonchev–Trinajstić information content (AvgIpc) is 2.65. The number of anilines is 2. The number of alkyl halides is 3. The van der Waals surface area contributed by atoms with Crippen LogP contribution in [0, 0.1) is 0 Å². The van der Waals surface area contributed by atoms with Gasteiger partial charge in [0.1, 0.15) is 10.6 Å². The summed E-state index contributed by atoms with van der Waals surface area (Å²) in [4.78, 5) is 23.9. The van der Waals surface area contributed by atoms with E-state index in [9.17, 15) is 31.2 Å². The minimum Gasteiger partial charge on any atom is -0.495 e. The molecule has 0 atom stereocenters. The smallest absolute Gasteiger partial charge is 0.416 e. The molecule has 0 aliphatic heterocycles. The number of methoxy groups -OCH3 is 1. The molecule has 0 heterocycles. The molecule has 2 rings (SSSR count). The second kappa shape index (κ2) is 9.40. The fourth-order valence-electron chi connectivity index (χ4n) is 2.80. The fourth-order valence-corrected chi connectivity index (χ4v) is 4.42. The van der Waals surface area contributed by atoms with E-state index in [2.05, 4.69) is 15.4 Å². The van der Waals surface area contributed by atoms with Crippen molar-refractivity contribution in [2.45, 2.75) is 44.3 Å². The molecule has 12 heteroatoms. The Kier molecular flexibility index (Phi) is 7.44. The second-order valence-electron chi connectivity index (χ2n) is 8.11. The van der Waals surface area contributed by atoms with Crippen molar-refractivity contribution < 1.29 is 35.9 Å². The first kappa shape index (κ1) is 26.1. The van der Waals surface area contributed by atoms with Crippen LogP contribution in [0.1, 0.15) is 43.6 Å². The molecule has 2 amide bonds. The summed E-state index contributed by atoms with van der Waals surface area (Å²) in [6.07, 6.45) is -4.69. The van der Waals surface area contributed by atoms with Gasteiger partial charge >= 0.3 is 6.18 Å². The summed E-state index contributed by atoms with van der Waals surface area (Å²) in [5, 5.41) is 4.64. The predicted molar refractivity (Wildman–Crippen MR) is 117 cm³/mol. The van der Waals surface area contributed by atoms with E-state index in [1.54, 1.807) is 20.8 Å². The summed E-state index contributed by atoms with van der Waals surface area (Å²) in [7, 11) is -2.84. The van der Waals surface area contributed by atoms with E-state index in [1.165, 1.54) is 19.2 Å². The van der Waals surface area contributed by atoms with Gasteiger partial charge < -0.3 is 15.4 Å². The summed E-state index contributed by atoms with van der Waals surface area (Å²) in [5.41, 5.74) is -2.39. The van der Waals surface area contributed by atoms with Gasteiger partial charge in [0.05, 0.1) is 24.0 Å². The highest BCUT2D eigenvalue weighted by Crippen LogP contribution is 2.34. The maximum Gasteiger partial charge on any atom is 0.416 e. The number of amides is 2. The van der Waals surface area contributed by atoms with Crippen LogP contribution in [-0.2, 0) is 21.0 Å². The van der Waals surface area contributed by atoms with E-state index < -0.39 is 39.1 Å². The van der Waals surface area contributed by atoms with Crippen LogP contribution in [0.25, 0.3) is 0 Å². The number of ether oxygens (including phenoxy) is 1. The lowest BCUT2D eigenvalue weighted by atomic mass is 10.1. The molecular formula is C21H24F3N3O5S. The number of nitrogens with one attached hydrogen (secondary N) is 3. The van der Waals surface area contributed by atoms with E-state index in [1.807, 2.05) is 0 Å². The maximum atomic E-state index is 13.1. The first-order valence-corrected chi connectivity index (χ1v) is 11.0. The van der Waals surface area contributed by atoms with Gasteiger partial charge in [-0.25, -0.2) is 13.1 Å². The maximum absolute atomic E-state index is 13.1. The van der Waals surface area contributed by atoms with Crippen molar-refractivity contribution in [1.82, 2.24) is 4.72 Å². The third-order valence-electron chi connectivity index (χ3n) is 4.06. The normalized spacial score (nSPS) is 12.2. The monoisotopic (exact) mass is 487 g/mol. The highest BCUT2D eigenvalue weighted by atomic mass is 32.2. The molecule has 0 aliphatic carbocycles. The third kappa shape index (κ3) is 6.93. The molecule has 0 saturated heterocycles. The Morgan fingerprint density at radius 3 is 2.09 bits per heavy atom. The largest absolute Gasteiger partial charge is 0.495 e. The van der Waals surface area contributed by atoms with Crippen LogP contribution in [0.15, 0.2) is 41.3 Å². The molecule has 0 spiro atoms. The van der Waals surface area contributed by atoms with E-state index >= 15 is 0 Å². The average molecular weight is 488 g/mol. The summed E-state index contributed by atoms with van der Waals surface area (Å²) < 4.78 is 72.5.